The van der Waals surface area contributed by atoms with Crippen LogP contribution >= 0.6 is 6.04 Å². The molecule has 0 N–H and O–H groups in total. The summed E-state index contributed by atoms with van der Waals surface area (Å²) in [5.74, 6) is 0. The Kier molecular flexibility index (Phi) is 4.97. The van der Waals surface area contributed by atoms with Gasteiger partial charge in [-0.2, -0.15) is 0 Å². The van der Waals surface area contributed by atoms with Gasteiger partial charge in [0, 0.05) is 22.2 Å². The summed E-state index contributed by atoms with van der Waals surface area (Å²) >= 11 is 6.61. The maximum atomic E-state index is 6.61. The lowest BCUT2D eigenvalue weighted by molar-refractivity contribution is 1.31. The number of imidazole rings is 1. The number of benzene rings is 5. The van der Waals surface area contributed by atoms with E-state index in [1.165, 1.54) is 10.6 Å². The molecule has 0 aliphatic rings. The summed E-state index contributed by atoms with van der Waals surface area (Å²) in [4.78, 5) is 10.4. The molecule has 0 radical (unpaired) electrons. The van der Waals surface area contributed by atoms with Gasteiger partial charge in [-0.15, -0.1) is 0 Å². The largest absolute Gasteiger partial charge is 0.292 e. The van der Waals surface area contributed by atoms with Gasteiger partial charge in [-0.1, -0.05) is 115 Å². The van der Waals surface area contributed by atoms with Crippen molar-refractivity contribution in [3.63, 3.8) is 0 Å². The van der Waals surface area contributed by atoms with Gasteiger partial charge in [-0.3, -0.25) is 4.40 Å². The SMILES string of the molecule is S=P(c1ccccc1)(c1ccccc1)c1ccc2cc3c(nc2c1)c1ccccc1n1c2ccccc2nc31. The predicted molar refractivity (Wildman–Crippen MR) is 169 cm³/mol. The normalized spacial score (nSPS) is 12.2. The molecule has 0 saturated carbocycles. The van der Waals surface area contributed by atoms with Gasteiger partial charge < -0.3 is 0 Å². The summed E-state index contributed by atoms with van der Waals surface area (Å²) in [5.41, 5.74) is 6.04. The molecular formula is C34H22N3PS. The topological polar surface area (TPSA) is 30.2 Å². The Morgan fingerprint density at radius 1 is 0.513 bits per heavy atom. The Bertz CT molecular complexity index is 2210. The van der Waals surface area contributed by atoms with E-state index in [9.17, 15) is 0 Å². The molecule has 5 aromatic carbocycles. The summed E-state index contributed by atoms with van der Waals surface area (Å²) < 4.78 is 2.26. The van der Waals surface area contributed by atoms with Gasteiger partial charge >= 0.3 is 0 Å². The molecule has 39 heavy (non-hydrogen) atoms. The number of pyridine rings is 2. The monoisotopic (exact) mass is 535 g/mol. The average molecular weight is 536 g/mol. The van der Waals surface area contributed by atoms with Gasteiger partial charge in [-0.05, 0) is 46.2 Å². The molecule has 8 rings (SSSR count). The standard InChI is InChI=1S/C34H22N3PS/c39-38(24-11-3-1-4-12-24,25-13-5-2-6-14-25)26-20-19-23-21-28-33(35-30(23)22-26)27-15-7-9-17-31(27)37-32-18-10-8-16-29(32)36-34(28)37/h1-22H. The Balaban J connectivity index is 1.46. The van der Waals surface area contributed by atoms with E-state index in [0.29, 0.717) is 0 Å². The zero-order chi connectivity index (χ0) is 26.0. The third-order valence-corrected chi connectivity index (χ3v) is 12.6. The predicted octanol–water partition coefficient (Wildman–Crippen LogP) is 7.10. The lowest BCUT2D eigenvalue weighted by Gasteiger charge is -2.24. The second kappa shape index (κ2) is 8.57. The third kappa shape index (κ3) is 3.32. The van der Waals surface area contributed by atoms with Gasteiger partial charge in [0.05, 0.1) is 27.6 Å². The number of hydrogen-bond acceptors (Lipinski definition) is 3. The molecule has 0 spiro atoms. The zero-order valence-electron chi connectivity index (χ0n) is 20.9. The van der Waals surface area contributed by atoms with E-state index in [0.717, 1.165) is 54.7 Å². The molecule has 0 unspecified atom stereocenters. The summed E-state index contributed by atoms with van der Waals surface area (Å²) in [5, 5.41) is 6.76. The quantitative estimate of drug-likeness (QED) is 0.137. The van der Waals surface area contributed by atoms with Crippen molar-refractivity contribution >= 4 is 83.1 Å². The van der Waals surface area contributed by atoms with E-state index in [1.54, 1.807) is 0 Å². The van der Waals surface area contributed by atoms with Crippen LogP contribution in [0.1, 0.15) is 0 Å². The van der Waals surface area contributed by atoms with Gasteiger partial charge in [-0.25, -0.2) is 9.97 Å². The lowest BCUT2D eigenvalue weighted by Crippen LogP contribution is -2.24. The first-order chi connectivity index (χ1) is 19.2. The fourth-order valence-electron chi connectivity index (χ4n) is 5.77. The molecule has 184 valence electrons. The molecule has 0 fully saturated rings. The van der Waals surface area contributed by atoms with Crippen molar-refractivity contribution in [1.29, 1.82) is 0 Å². The second-order valence-corrected chi connectivity index (χ2v) is 14.2. The van der Waals surface area contributed by atoms with Gasteiger partial charge in [0.25, 0.3) is 0 Å². The molecule has 5 heteroatoms. The molecule has 0 saturated heterocycles. The van der Waals surface area contributed by atoms with E-state index in [4.69, 9.17) is 21.8 Å². The van der Waals surface area contributed by atoms with Gasteiger partial charge in [0.2, 0.25) is 0 Å². The lowest BCUT2D eigenvalue weighted by atomic mass is 10.1. The van der Waals surface area contributed by atoms with Crippen LogP contribution in [0.2, 0.25) is 0 Å². The average Bonchev–Trinajstić information content (AvgIpc) is 3.41. The Morgan fingerprint density at radius 3 is 1.90 bits per heavy atom. The van der Waals surface area contributed by atoms with Crippen molar-refractivity contribution < 1.29 is 0 Å². The van der Waals surface area contributed by atoms with Crippen molar-refractivity contribution in [2.75, 3.05) is 0 Å². The van der Waals surface area contributed by atoms with Crippen LogP contribution in [0.5, 0.6) is 0 Å². The third-order valence-electron chi connectivity index (χ3n) is 7.61. The minimum absolute atomic E-state index is 0.932. The first kappa shape index (κ1) is 22.6. The van der Waals surface area contributed by atoms with Gasteiger partial charge in [0.15, 0.2) is 0 Å². The highest BCUT2D eigenvalue weighted by atomic mass is 32.4. The minimum atomic E-state index is -2.27. The van der Waals surface area contributed by atoms with Crippen LogP contribution in [0.4, 0.5) is 0 Å². The van der Waals surface area contributed by atoms with Crippen LogP contribution in [-0.4, -0.2) is 14.4 Å². The molecule has 3 aromatic heterocycles. The summed E-state index contributed by atoms with van der Waals surface area (Å²) in [6.07, 6.45) is 0. The molecule has 0 bridgehead atoms. The highest BCUT2D eigenvalue weighted by Crippen LogP contribution is 2.43. The molecule has 0 aliphatic heterocycles. The number of hydrogen-bond donors (Lipinski definition) is 0. The van der Waals surface area contributed by atoms with E-state index >= 15 is 0 Å². The highest BCUT2D eigenvalue weighted by molar-refractivity contribution is 8.25. The molecular weight excluding hydrogens is 513 g/mol. The minimum Gasteiger partial charge on any atom is -0.292 e. The summed E-state index contributed by atoms with van der Waals surface area (Å²) in [6, 6.07) is 44.5. The number of nitrogens with zero attached hydrogens (tertiary/aromatic N) is 3. The molecule has 0 aliphatic carbocycles. The van der Waals surface area contributed by atoms with Crippen LogP contribution < -0.4 is 15.9 Å². The fourth-order valence-corrected chi connectivity index (χ4v) is 9.51. The maximum absolute atomic E-state index is 6.61. The van der Waals surface area contributed by atoms with Crippen molar-refractivity contribution in [2.45, 2.75) is 0 Å². The second-order valence-electron chi connectivity index (χ2n) is 9.82. The van der Waals surface area contributed by atoms with E-state index in [-0.39, 0.29) is 0 Å². The molecule has 0 amide bonds. The Hall–Kier alpha value is -4.37. The Morgan fingerprint density at radius 2 is 1.15 bits per heavy atom. The first-order valence-corrected chi connectivity index (χ1v) is 15.8. The van der Waals surface area contributed by atoms with Crippen LogP contribution in [0.25, 0.3) is 49.4 Å². The van der Waals surface area contributed by atoms with E-state index < -0.39 is 6.04 Å². The number of aromatic nitrogens is 3. The van der Waals surface area contributed by atoms with Crippen LogP contribution in [-0.2, 0) is 11.8 Å². The highest BCUT2D eigenvalue weighted by Gasteiger charge is 2.25. The molecule has 3 nitrogen and oxygen atoms in total. The number of fused-ring (bicyclic) bond motifs is 9. The fraction of sp³-hybridized carbons (Fsp3) is 0. The maximum Gasteiger partial charge on any atom is 0.147 e. The molecule has 8 aromatic rings. The van der Waals surface area contributed by atoms with Crippen LogP contribution in [0, 0.1) is 0 Å². The molecule has 0 atom stereocenters. The number of para-hydroxylation sites is 3. The van der Waals surface area contributed by atoms with Crippen LogP contribution in [0.15, 0.2) is 133 Å². The number of rotatable bonds is 3. The Labute approximate surface area is 230 Å². The summed E-state index contributed by atoms with van der Waals surface area (Å²) in [7, 11) is 0. The first-order valence-electron chi connectivity index (χ1n) is 13.0. The van der Waals surface area contributed by atoms with Crippen molar-refractivity contribution in [3.05, 3.63) is 133 Å². The molecule has 3 heterocycles. The van der Waals surface area contributed by atoms with E-state index in [1.807, 2.05) is 18.2 Å². The zero-order valence-corrected chi connectivity index (χ0v) is 22.6. The van der Waals surface area contributed by atoms with Crippen molar-refractivity contribution in [1.82, 2.24) is 14.4 Å². The van der Waals surface area contributed by atoms with Gasteiger partial charge in [0.1, 0.15) is 5.65 Å². The smallest absolute Gasteiger partial charge is 0.147 e. The van der Waals surface area contributed by atoms with E-state index in [2.05, 4.69) is 120 Å². The van der Waals surface area contributed by atoms with Crippen molar-refractivity contribution in [2.24, 2.45) is 0 Å². The van der Waals surface area contributed by atoms with Crippen molar-refractivity contribution in [3.8, 4) is 0 Å². The summed E-state index contributed by atoms with van der Waals surface area (Å²) in [6.45, 7) is 0. The van der Waals surface area contributed by atoms with Crippen LogP contribution in [0.3, 0.4) is 0 Å².